The summed E-state index contributed by atoms with van der Waals surface area (Å²) in [5.41, 5.74) is 2.78. The Kier molecular flexibility index (Phi) is 5.64. The highest BCUT2D eigenvalue weighted by atomic mass is 35.5. The zero-order chi connectivity index (χ0) is 18.5. The zero-order valence-electron chi connectivity index (χ0n) is 14.9. The highest BCUT2D eigenvalue weighted by Crippen LogP contribution is 2.18. The largest absolute Gasteiger partial charge is 0.467 e. The second kappa shape index (κ2) is 8.11. The minimum absolute atomic E-state index is 0.0604. The number of rotatable bonds is 6. The number of furan rings is 1. The fraction of sp³-hybridized carbons (Fsp3) is 0.190. The second-order valence-electron chi connectivity index (χ2n) is 6.31. The van der Waals surface area contributed by atoms with Crippen molar-refractivity contribution < 1.29 is 9.21 Å². The molecule has 1 amide bonds. The summed E-state index contributed by atoms with van der Waals surface area (Å²) in [4.78, 5) is 16.8. The summed E-state index contributed by atoms with van der Waals surface area (Å²) in [7, 11) is 4.00. The Morgan fingerprint density at radius 1 is 0.962 bits per heavy atom. The molecule has 0 radical (unpaired) electrons. The van der Waals surface area contributed by atoms with Crippen molar-refractivity contribution in [1.29, 1.82) is 0 Å². The number of anilines is 1. The van der Waals surface area contributed by atoms with Gasteiger partial charge in [0, 0.05) is 36.9 Å². The maximum absolute atomic E-state index is 13.0. The van der Waals surface area contributed by atoms with Crippen LogP contribution >= 0.6 is 11.6 Å². The molecule has 5 heteroatoms. The molecule has 0 saturated carbocycles. The van der Waals surface area contributed by atoms with Crippen LogP contribution in [0.2, 0.25) is 5.02 Å². The minimum Gasteiger partial charge on any atom is -0.467 e. The third-order valence-electron chi connectivity index (χ3n) is 4.13. The van der Waals surface area contributed by atoms with Crippen LogP contribution in [0, 0.1) is 0 Å². The number of hydrogen-bond donors (Lipinski definition) is 0. The van der Waals surface area contributed by atoms with Crippen LogP contribution in [0.1, 0.15) is 21.7 Å². The van der Waals surface area contributed by atoms with Crippen molar-refractivity contribution in [2.24, 2.45) is 0 Å². The zero-order valence-corrected chi connectivity index (χ0v) is 15.6. The molecule has 1 heterocycles. The van der Waals surface area contributed by atoms with Gasteiger partial charge >= 0.3 is 0 Å². The number of halogens is 1. The van der Waals surface area contributed by atoms with E-state index >= 15 is 0 Å². The number of carbonyl (C=O) groups excluding carboxylic acids is 1. The van der Waals surface area contributed by atoms with Crippen LogP contribution in [-0.4, -0.2) is 24.9 Å². The first-order chi connectivity index (χ1) is 12.5. The van der Waals surface area contributed by atoms with Gasteiger partial charge in [0.1, 0.15) is 5.76 Å². The van der Waals surface area contributed by atoms with Crippen LogP contribution in [0.25, 0.3) is 0 Å². The van der Waals surface area contributed by atoms with Crippen LogP contribution in [-0.2, 0) is 13.1 Å². The summed E-state index contributed by atoms with van der Waals surface area (Å²) in [6.07, 6.45) is 1.62. The van der Waals surface area contributed by atoms with Crippen molar-refractivity contribution >= 4 is 23.2 Å². The van der Waals surface area contributed by atoms with Crippen molar-refractivity contribution in [3.63, 3.8) is 0 Å². The van der Waals surface area contributed by atoms with Crippen LogP contribution in [0.4, 0.5) is 5.69 Å². The van der Waals surface area contributed by atoms with E-state index in [0.29, 0.717) is 23.7 Å². The lowest BCUT2D eigenvalue weighted by atomic mass is 10.1. The summed E-state index contributed by atoms with van der Waals surface area (Å²) in [5, 5.41) is 0.610. The molecule has 2 aromatic carbocycles. The second-order valence-corrected chi connectivity index (χ2v) is 6.74. The predicted molar refractivity (Wildman–Crippen MR) is 105 cm³/mol. The highest BCUT2D eigenvalue weighted by Gasteiger charge is 2.18. The Labute approximate surface area is 158 Å². The van der Waals surface area contributed by atoms with Crippen LogP contribution in [0.15, 0.2) is 71.3 Å². The lowest BCUT2D eigenvalue weighted by Gasteiger charge is -2.22. The first kappa shape index (κ1) is 18.1. The van der Waals surface area contributed by atoms with Gasteiger partial charge in [-0.25, -0.2) is 0 Å². The van der Waals surface area contributed by atoms with Crippen molar-refractivity contribution in [2.45, 2.75) is 13.1 Å². The first-order valence-corrected chi connectivity index (χ1v) is 8.74. The molecule has 4 nitrogen and oxygen atoms in total. The molecular weight excluding hydrogens is 348 g/mol. The monoisotopic (exact) mass is 368 g/mol. The molecule has 0 atom stereocenters. The summed E-state index contributed by atoms with van der Waals surface area (Å²) in [5.74, 6) is 0.687. The van der Waals surface area contributed by atoms with Crippen molar-refractivity contribution in [3.05, 3.63) is 88.8 Å². The smallest absolute Gasteiger partial charge is 0.254 e. The third kappa shape index (κ3) is 4.46. The summed E-state index contributed by atoms with van der Waals surface area (Å²) in [6, 6.07) is 18.8. The van der Waals surface area contributed by atoms with Gasteiger partial charge in [0.25, 0.3) is 5.91 Å². The van der Waals surface area contributed by atoms with E-state index in [1.807, 2.05) is 55.4 Å². The Morgan fingerprint density at radius 2 is 1.65 bits per heavy atom. The number of hydrogen-bond acceptors (Lipinski definition) is 3. The summed E-state index contributed by atoms with van der Waals surface area (Å²) < 4.78 is 5.44. The van der Waals surface area contributed by atoms with Crippen molar-refractivity contribution in [2.75, 3.05) is 19.0 Å². The average Bonchev–Trinajstić information content (AvgIpc) is 3.15. The minimum atomic E-state index is -0.0604. The van der Waals surface area contributed by atoms with E-state index in [0.717, 1.165) is 17.0 Å². The van der Waals surface area contributed by atoms with Gasteiger partial charge in [-0.1, -0.05) is 23.7 Å². The first-order valence-electron chi connectivity index (χ1n) is 8.36. The molecule has 0 aliphatic heterocycles. The molecule has 0 fully saturated rings. The maximum atomic E-state index is 13.0. The summed E-state index contributed by atoms with van der Waals surface area (Å²) in [6.45, 7) is 0.903. The molecule has 0 N–H and O–H groups in total. The van der Waals surface area contributed by atoms with Gasteiger partial charge in [0.15, 0.2) is 0 Å². The number of nitrogens with zero attached hydrogens (tertiary/aromatic N) is 2. The quantitative estimate of drug-likeness (QED) is 0.624. The van der Waals surface area contributed by atoms with E-state index in [4.69, 9.17) is 16.0 Å². The molecule has 26 heavy (non-hydrogen) atoms. The topological polar surface area (TPSA) is 36.7 Å². The SMILES string of the molecule is CN(C)c1ccc(CN(Cc2ccco2)C(=O)c2ccc(Cl)cc2)cc1. The Morgan fingerprint density at radius 3 is 2.23 bits per heavy atom. The van der Waals surface area contributed by atoms with Gasteiger partial charge in [-0.2, -0.15) is 0 Å². The third-order valence-corrected chi connectivity index (χ3v) is 4.38. The Hall–Kier alpha value is -2.72. The molecule has 0 spiro atoms. The lowest BCUT2D eigenvalue weighted by Crippen LogP contribution is -2.30. The molecule has 1 aromatic heterocycles. The fourth-order valence-corrected chi connectivity index (χ4v) is 2.81. The normalized spacial score (nSPS) is 10.6. The van der Waals surface area contributed by atoms with E-state index in [1.54, 1.807) is 35.4 Å². The van der Waals surface area contributed by atoms with E-state index in [1.165, 1.54) is 0 Å². The Bertz CT molecular complexity index is 841. The van der Waals surface area contributed by atoms with Crippen LogP contribution in [0.5, 0.6) is 0 Å². The van der Waals surface area contributed by atoms with E-state index in [2.05, 4.69) is 0 Å². The number of carbonyl (C=O) groups is 1. The molecule has 3 aromatic rings. The van der Waals surface area contributed by atoms with Gasteiger partial charge < -0.3 is 14.2 Å². The number of amides is 1. The molecule has 0 saturated heterocycles. The molecular formula is C21H21ClN2O2. The molecule has 3 rings (SSSR count). The standard InChI is InChI=1S/C21H21ClN2O2/c1-23(2)19-11-5-16(6-12-19)14-24(15-20-4-3-13-26-20)21(25)17-7-9-18(22)10-8-17/h3-13H,14-15H2,1-2H3. The van der Waals surface area contributed by atoms with Crippen LogP contribution in [0.3, 0.4) is 0 Å². The molecule has 0 aliphatic carbocycles. The van der Waals surface area contributed by atoms with Gasteiger partial charge in [-0.15, -0.1) is 0 Å². The molecule has 0 aliphatic rings. The lowest BCUT2D eigenvalue weighted by molar-refractivity contribution is 0.0717. The van der Waals surface area contributed by atoms with Gasteiger partial charge in [0.2, 0.25) is 0 Å². The average molecular weight is 369 g/mol. The predicted octanol–water partition coefficient (Wildman–Crippen LogP) is 4.84. The van der Waals surface area contributed by atoms with Crippen molar-refractivity contribution in [1.82, 2.24) is 4.90 Å². The van der Waals surface area contributed by atoms with E-state index in [9.17, 15) is 4.79 Å². The molecule has 0 unspecified atom stereocenters. The van der Waals surface area contributed by atoms with E-state index in [-0.39, 0.29) is 5.91 Å². The van der Waals surface area contributed by atoms with Crippen molar-refractivity contribution in [3.8, 4) is 0 Å². The number of benzene rings is 2. The van der Waals surface area contributed by atoms with Crippen LogP contribution < -0.4 is 4.90 Å². The van der Waals surface area contributed by atoms with Gasteiger partial charge in [0.05, 0.1) is 12.8 Å². The maximum Gasteiger partial charge on any atom is 0.254 e. The summed E-state index contributed by atoms with van der Waals surface area (Å²) >= 11 is 5.94. The van der Waals surface area contributed by atoms with Gasteiger partial charge in [-0.3, -0.25) is 4.79 Å². The van der Waals surface area contributed by atoms with Gasteiger partial charge in [-0.05, 0) is 54.1 Å². The molecule has 134 valence electrons. The van der Waals surface area contributed by atoms with E-state index < -0.39 is 0 Å². The molecule has 0 bridgehead atoms. The highest BCUT2D eigenvalue weighted by molar-refractivity contribution is 6.30. The Balaban J connectivity index is 1.82. The fourth-order valence-electron chi connectivity index (χ4n) is 2.69.